The van der Waals surface area contributed by atoms with Crippen molar-refractivity contribution in [1.82, 2.24) is 10.2 Å². The fourth-order valence-corrected chi connectivity index (χ4v) is 1.70. The van der Waals surface area contributed by atoms with Crippen LogP contribution in [-0.4, -0.2) is 16.3 Å². The van der Waals surface area contributed by atoms with Gasteiger partial charge >= 0.3 is 0 Å². The Labute approximate surface area is 78.1 Å². The number of aromatic nitrogens is 2. The maximum absolute atomic E-state index is 5.68. The van der Waals surface area contributed by atoms with E-state index >= 15 is 0 Å². The SMILES string of the molecule is c1cnnc(OC2CCCCC2)c1. The summed E-state index contributed by atoms with van der Waals surface area (Å²) in [5.41, 5.74) is 0. The van der Waals surface area contributed by atoms with E-state index in [-0.39, 0.29) is 0 Å². The third-order valence-electron chi connectivity index (χ3n) is 2.39. The zero-order valence-corrected chi connectivity index (χ0v) is 7.65. The lowest BCUT2D eigenvalue weighted by Crippen LogP contribution is -2.20. The van der Waals surface area contributed by atoms with Crippen molar-refractivity contribution >= 4 is 0 Å². The van der Waals surface area contributed by atoms with Gasteiger partial charge in [0, 0.05) is 12.3 Å². The van der Waals surface area contributed by atoms with Crippen LogP contribution < -0.4 is 4.74 Å². The summed E-state index contributed by atoms with van der Waals surface area (Å²) in [4.78, 5) is 0. The highest BCUT2D eigenvalue weighted by Gasteiger charge is 2.14. The molecule has 0 atom stereocenters. The third-order valence-corrected chi connectivity index (χ3v) is 2.39. The molecule has 3 nitrogen and oxygen atoms in total. The summed E-state index contributed by atoms with van der Waals surface area (Å²) in [6.45, 7) is 0. The van der Waals surface area contributed by atoms with Gasteiger partial charge in [-0.3, -0.25) is 0 Å². The molecular formula is C10H14N2O. The molecule has 1 aromatic heterocycles. The van der Waals surface area contributed by atoms with E-state index in [9.17, 15) is 0 Å². The molecule has 0 aliphatic heterocycles. The van der Waals surface area contributed by atoms with Gasteiger partial charge in [0.05, 0.1) is 0 Å². The number of hydrogen-bond acceptors (Lipinski definition) is 3. The molecular weight excluding hydrogens is 164 g/mol. The van der Waals surface area contributed by atoms with E-state index in [2.05, 4.69) is 10.2 Å². The highest BCUT2D eigenvalue weighted by atomic mass is 16.5. The molecule has 1 saturated carbocycles. The first-order valence-corrected chi connectivity index (χ1v) is 4.89. The van der Waals surface area contributed by atoms with Crippen molar-refractivity contribution in [3.63, 3.8) is 0 Å². The second kappa shape index (κ2) is 4.21. The molecule has 13 heavy (non-hydrogen) atoms. The van der Waals surface area contributed by atoms with Crippen LogP contribution in [-0.2, 0) is 0 Å². The summed E-state index contributed by atoms with van der Waals surface area (Å²) in [5.74, 6) is 0.661. The van der Waals surface area contributed by atoms with Crippen molar-refractivity contribution in [2.24, 2.45) is 0 Å². The Hall–Kier alpha value is -1.12. The number of hydrogen-bond donors (Lipinski definition) is 0. The van der Waals surface area contributed by atoms with Crippen molar-refractivity contribution in [1.29, 1.82) is 0 Å². The zero-order valence-electron chi connectivity index (χ0n) is 7.65. The molecule has 0 saturated heterocycles. The van der Waals surface area contributed by atoms with Crippen LogP contribution in [0.2, 0.25) is 0 Å². The summed E-state index contributed by atoms with van der Waals surface area (Å²) in [7, 11) is 0. The Balaban J connectivity index is 1.90. The molecule has 0 radical (unpaired) electrons. The van der Waals surface area contributed by atoms with E-state index < -0.39 is 0 Å². The minimum atomic E-state index is 0.366. The molecule has 70 valence electrons. The van der Waals surface area contributed by atoms with Gasteiger partial charge in [-0.05, 0) is 31.7 Å². The zero-order chi connectivity index (χ0) is 8.93. The van der Waals surface area contributed by atoms with E-state index in [0.29, 0.717) is 12.0 Å². The summed E-state index contributed by atoms with van der Waals surface area (Å²) in [5, 5.41) is 7.68. The molecule has 0 bridgehead atoms. The molecule has 1 fully saturated rings. The largest absolute Gasteiger partial charge is 0.473 e. The first kappa shape index (κ1) is 8.48. The normalized spacial score (nSPS) is 18.5. The van der Waals surface area contributed by atoms with Crippen LogP contribution in [0, 0.1) is 0 Å². The summed E-state index contributed by atoms with van der Waals surface area (Å²) in [6.07, 6.45) is 8.27. The monoisotopic (exact) mass is 178 g/mol. The maximum atomic E-state index is 5.68. The third kappa shape index (κ3) is 2.41. The molecule has 1 heterocycles. The highest BCUT2D eigenvalue weighted by Crippen LogP contribution is 2.21. The van der Waals surface area contributed by atoms with Crippen LogP contribution in [0.4, 0.5) is 0 Å². The summed E-state index contributed by atoms with van der Waals surface area (Å²) < 4.78 is 5.68. The predicted octanol–water partition coefficient (Wildman–Crippen LogP) is 2.19. The fraction of sp³-hybridized carbons (Fsp3) is 0.600. The highest BCUT2D eigenvalue weighted by molar-refractivity contribution is 5.05. The molecule has 0 N–H and O–H groups in total. The van der Waals surface area contributed by atoms with Crippen molar-refractivity contribution in [2.75, 3.05) is 0 Å². The van der Waals surface area contributed by atoms with E-state index in [0.717, 1.165) is 12.8 Å². The molecule has 0 aromatic carbocycles. The fourth-order valence-electron chi connectivity index (χ4n) is 1.70. The number of rotatable bonds is 2. The number of nitrogens with zero attached hydrogens (tertiary/aromatic N) is 2. The second-order valence-corrected chi connectivity index (χ2v) is 3.44. The quantitative estimate of drug-likeness (QED) is 0.696. The van der Waals surface area contributed by atoms with Gasteiger partial charge in [0.25, 0.3) is 0 Å². The van der Waals surface area contributed by atoms with Crippen LogP contribution in [0.5, 0.6) is 5.88 Å². The topological polar surface area (TPSA) is 35.0 Å². The maximum Gasteiger partial charge on any atom is 0.233 e. The smallest absolute Gasteiger partial charge is 0.233 e. The first-order chi connectivity index (χ1) is 6.45. The van der Waals surface area contributed by atoms with Crippen LogP contribution in [0.25, 0.3) is 0 Å². The van der Waals surface area contributed by atoms with Gasteiger partial charge in [-0.15, -0.1) is 5.10 Å². The Kier molecular flexibility index (Phi) is 2.75. The van der Waals surface area contributed by atoms with Crippen molar-refractivity contribution in [3.05, 3.63) is 18.3 Å². The van der Waals surface area contributed by atoms with Gasteiger partial charge in [-0.2, -0.15) is 5.10 Å². The molecule has 0 spiro atoms. The molecule has 0 amide bonds. The van der Waals surface area contributed by atoms with Gasteiger partial charge in [0.1, 0.15) is 6.10 Å². The van der Waals surface area contributed by atoms with E-state index in [4.69, 9.17) is 4.74 Å². The van der Waals surface area contributed by atoms with Gasteiger partial charge in [-0.1, -0.05) is 6.42 Å². The molecule has 1 aliphatic rings. The Morgan fingerprint density at radius 1 is 1.23 bits per heavy atom. The van der Waals surface area contributed by atoms with Crippen molar-refractivity contribution in [3.8, 4) is 5.88 Å². The van der Waals surface area contributed by atoms with Crippen LogP contribution in [0.1, 0.15) is 32.1 Å². The van der Waals surface area contributed by atoms with Crippen molar-refractivity contribution < 1.29 is 4.74 Å². The lowest BCUT2D eigenvalue weighted by Gasteiger charge is -2.21. The van der Waals surface area contributed by atoms with Crippen LogP contribution >= 0.6 is 0 Å². The van der Waals surface area contributed by atoms with Gasteiger partial charge < -0.3 is 4.74 Å². The minimum Gasteiger partial charge on any atom is -0.473 e. The van der Waals surface area contributed by atoms with Gasteiger partial charge in [0.2, 0.25) is 5.88 Å². The van der Waals surface area contributed by atoms with E-state index in [1.54, 1.807) is 6.20 Å². The Morgan fingerprint density at radius 3 is 2.77 bits per heavy atom. The molecule has 1 aliphatic carbocycles. The lowest BCUT2D eigenvalue weighted by molar-refractivity contribution is 0.147. The van der Waals surface area contributed by atoms with Crippen LogP contribution in [0.15, 0.2) is 18.3 Å². The van der Waals surface area contributed by atoms with E-state index in [1.165, 1.54) is 19.3 Å². The van der Waals surface area contributed by atoms with Gasteiger partial charge in [-0.25, -0.2) is 0 Å². The second-order valence-electron chi connectivity index (χ2n) is 3.44. The average Bonchev–Trinajstić information content (AvgIpc) is 2.21. The number of ether oxygens (including phenoxy) is 1. The lowest BCUT2D eigenvalue weighted by atomic mass is 9.98. The minimum absolute atomic E-state index is 0.366. The molecule has 1 aromatic rings. The van der Waals surface area contributed by atoms with Crippen LogP contribution in [0.3, 0.4) is 0 Å². The molecule has 0 unspecified atom stereocenters. The van der Waals surface area contributed by atoms with Crippen molar-refractivity contribution in [2.45, 2.75) is 38.2 Å². The Morgan fingerprint density at radius 2 is 2.08 bits per heavy atom. The Bertz CT molecular complexity index is 244. The summed E-state index contributed by atoms with van der Waals surface area (Å²) in [6, 6.07) is 3.72. The first-order valence-electron chi connectivity index (χ1n) is 4.89. The molecule has 3 heteroatoms. The molecule has 2 rings (SSSR count). The van der Waals surface area contributed by atoms with Gasteiger partial charge in [0.15, 0.2) is 0 Å². The standard InChI is InChI=1S/C10H14N2O/c1-2-5-9(6-3-1)13-10-7-4-8-11-12-10/h4,7-9H,1-3,5-6H2. The predicted molar refractivity (Wildman–Crippen MR) is 49.5 cm³/mol. The summed E-state index contributed by atoms with van der Waals surface area (Å²) >= 11 is 0. The average molecular weight is 178 g/mol. The van der Waals surface area contributed by atoms with E-state index in [1.807, 2.05) is 12.1 Å².